The van der Waals surface area contributed by atoms with Gasteiger partial charge in [-0.2, -0.15) is 0 Å². The number of fused-ring (bicyclic) bond motifs is 2. The fourth-order valence-corrected chi connectivity index (χ4v) is 8.19. The van der Waals surface area contributed by atoms with Crippen LogP contribution in [0.4, 0.5) is 14.5 Å². The van der Waals surface area contributed by atoms with Gasteiger partial charge < -0.3 is 10.4 Å². The van der Waals surface area contributed by atoms with Crippen LogP contribution in [-0.2, 0) is 9.84 Å². The van der Waals surface area contributed by atoms with E-state index >= 15 is 0 Å². The van der Waals surface area contributed by atoms with Gasteiger partial charge in [0.2, 0.25) is 0 Å². The molecule has 3 fully saturated rings. The van der Waals surface area contributed by atoms with Gasteiger partial charge in [0.1, 0.15) is 5.01 Å². The number of nitrogens with one attached hydrogen (secondary N) is 1. The number of aliphatic hydroxyl groups is 1. The number of hydrogen-bond donors (Lipinski definition) is 2. The second-order valence-electron chi connectivity index (χ2n) is 9.24. The second-order valence-corrected chi connectivity index (χ2v) is 12.7. The summed E-state index contributed by atoms with van der Waals surface area (Å²) in [4.78, 5) is 17.2. The number of carbonyl (C=O) groups excluding carboxylic acids is 1. The van der Waals surface area contributed by atoms with Crippen molar-refractivity contribution in [2.45, 2.75) is 41.9 Å². The Morgan fingerprint density at radius 2 is 1.89 bits per heavy atom. The first kappa shape index (κ1) is 24.3. The quantitative estimate of drug-likeness (QED) is 0.458. The van der Waals surface area contributed by atoms with E-state index in [0.717, 1.165) is 18.6 Å². The molecule has 2 N–H and O–H groups in total. The molecule has 6 rings (SSSR count). The van der Waals surface area contributed by atoms with E-state index in [9.17, 15) is 27.1 Å². The van der Waals surface area contributed by atoms with Crippen LogP contribution in [0.1, 0.15) is 36.5 Å². The molecule has 3 aromatic rings. The largest absolute Gasteiger partial charge is 0.390 e. The van der Waals surface area contributed by atoms with E-state index in [1.165, 1.54) is 35.7 Å². The summed E-state index contributed by atoms with van der Waals surface area (Å²) in [5.74, 6) is -3.12. The lowest BCUT2D eigenvalue weighted by molar-refractivity contribution is -0.162. The average molecular weight is 539 g/mol. The van der Waals surface area contributed by atoms with Crippen molar-refractivity contribution in [3.05, 3.63) is 64.1 Å². The first-order valence-electron chi connectivity index (χ1n) is 10.9. The monoisotopic (exact) mass is 538 g/mol. The molecule has 2 bridgehead atoms. The van der Waals surface area contributed by atoms with Gasteiger partial charge in [0, 0.05) is 28.9 Å². The zero-order chi connectivity index (χ0) is 25.1. The lowest BCUT2D eigenvalue weighted by atomic mass is 9.54. The highest BCUT2D eigenvalue weighted by Crippen LogP contribution is 2.55. The van der Waals surface area contributed by atoms with Crippen molar-refractivity contribution in [2.75, 3.05) is 5.32 Å². The van der Waals surface area contributed by atoms with Crippen molar-refractivity contribution in [1.29, 1.82) is 0 Å². The van der Waals surface area contributed by atoms with Crippen LogP contribution in [0.3, 0.4) is 0 Å². The molecule has 3 saturated carbocycles. The molecule has 6 nitrogen and oxygen atoms in total. The van der Waals surface area contributed by atoms with Gasteiger partial charge in [-0.1, -0.05) is 11.6 Å². The highest BCUT2D eigenvalue weighted by molar-refractivity contribution is 7.92. The molecule has 2 aromatic carbocycles. The fraction of sp³-hybridized carbons (Fsp3) is 0.333. The zero-order valence-corrected chi connectivity index (χ0v) is 20.9. The highest BCUT2D eigenvalue weighted by atomic mass is 35.5. The minimum absolute atomic E-state index is 0.00736. The van der Waals surface area contributed by atoms with Crippen LogP contribution >= 0.6 is 22.9 Å². The Morgan fingerprint density at radius 1 is 1.17 bits per heavy atom. The molecule has 0 aliphatic heterocycles. The summed E-state index contributed by atoms with van der Waals surface area (Å²) in [7, 11) is -3.92. The maximum Gasteiger partial charge on any atom is 0.256 e. The van der Waals surface area contributed by atoms with E-state index in [2.05, 4.69) is 10.3 Å². The molecule has 3 aliphatic rings. The first-order chi connectivity index (χ1) is 16.5. The third-order valence-electron chi connectivity index (χ3n) is 7.22. The molecule has 1 aromatic heterocycles. The van der Waals surface area contributed by atoms with E-state index in [4.69, 9.17) is 11.6 Å². The summed E-state index contributed by atoms with van der Waals surface area (Å²) in [6.45, 7) is 1.74. The van der Waals surface area contributed by atoms with Crippen LogP contribution < -0.4 is 5.32 Å². The molecule has 2 unspecified atom stereocenters. The maximum atomic E-state index is 13.7. The lowest BCUT2D eigenvalue weighted by Crippen LogP contribution is -2.60. The van der Waals surface area contributed by atoms with E-state index in [1.54, 1.807) is 12.3 Å². The minimum atomic E-state index is -3.92. The van der Waals surface area contributed by atoms with Crippen LogP contribution in [0.15, 0.2) is 46.8 Å². The van der Waals surface area contributed by atoms with Crippen LogP contribution in [0.5, 0.6) is 0 Å². The van der Waals surface area contributed by atoms with Crippen molar-refractivity contribution < 1.29 is 27.1 Å². The second kappa shape index (κ2) is 8.62. The van der Waals surface area contributed by atoms with Gasteiger partial charge in [-0.25, -0.2) is 22.2 Å². The number of rotatable bonds is 5. The normalized spacial score (nSPS) is 25.7. The first-order valence-corrected chi connectivity index (χ1v) is 13.7. The predicted octanol–water partition coefficient (Wildman–Crippen LogP) is 5.32. The molecule has 3 aliphatic carbocycles. The molecule has 1 heterocycles. The van der Waals surface area contributed by atoms with Crippen molar-refractivity contribution >= 4 is 44.4 Å². The number of sulfone groups is 1. The van der Waals surface area contributed by atoms with E-state index in [-0.39, 0.29) is 33.0 Å². The summed E-state index contributed by atoms with van der Waals surface area (Å²) in [5, 5.41) is 14.4. The van der Waals surface area contributed by atoms with Crippen LogP contribution in [0.2, 0.25) is 5.02 Å². The van der Waals surface area contributed by atoms with Gasteiger partial charge in [0.15, 0.2) is 21.5 Å². The van der Waals surface area contributed by atoms with Crippen LogP contribution in [0, 0.1) is 23.5 Å². The Bertz CT molecular complexity index is 1410. The van der Waals surface area contributed by atoms with E-state index in [1.807, 2.05) is 0 Å². The number of thiazole rings is 1. The molecular formula is C24H21ClF2N2O4S2. The Kier molecular flexibility index (Phi) is 5.98. The lowest BCUT2D eigenvalue weighted by Gasteiger charge is -2.56. The fourth-order valence-electron chi connectivity index (χ4n) is 5.09. The number of benzene rings is 2. The number of carbonyl (C=O) groups is 1. The van der Waals surface area contributed by atoms with E-state index in [0.29, 0.717) is 23.4 Å². The molecule has 35 heavy (non-hydrogen) atoms. The minimum Gasteiger partial charge on any atom is -0.390 e. The van der Waals surface area contributed by atoms with Crippen molar-refractivity contribution in [3.8, 4) is 10.6 Å². The topological polar surface area (TPSA) is 96.4 Å². The molecule has 0 radical (unpaired) electrons. The van der Waals surface area contributed by atoms with Crippen LogP contribution in [0.25, 0.3) is 10.6 Å². The number of aromatic nitrogens is 1. The molecule has 2 atom stereocenters. The predicted molar refractivity (Wildman–Crippen MR) is 129 cm³/mol. The van der Waals surface area contributed by atoms with Gasteiger partial charge in [-0.3, -0.25) is 4.79 Å². The van der Waals surface area contributed by atoms with Gasteiger partial charge >= 0.3 is 0 Å². The summed E-state index contributed by atoms with van der Waals surface area (Å²) >= 11 is 7.69. The maximum absolute atomic E-state index is 13.7. The van der Waals surface area contributed by atoms with Gasteiger partial charge in [0.25, 0.3) is 5.91 Å². The third-order valence-corrected chi connectivity index (χ3v) is 10.7. The molecule has 0 saturated heterocycles. The Labute approximate surface area is 209 Å². The van der Waals surface area contributed by atoms with E-state index < -0.39 is 38.2 Å². The molecular weight excluding hydrogens is 518 g/mol. The average Bonchev–Trinajstić information content (AvgIpc) is 3.36. The van der Waals surface area contributed by atoms with Crippen molar-refractivity contribution in [3.63, 3.8) is 0 Å². The summed E-state index contributed by atoms with van der Waals surface area (Å²) < 4.78 is 54.1. The molecule has 1 amide bonds. The summed E-state index contributed by atoms with van der Waals surface area (Å²) in [6.07, 6.45) is 2.95. The number of anilines is 1. The molecule has 11 heteroatoms. The molecule has 0 spiro atoms. The van der Waals surface area contributed by atoms with Gasteiger partial charge in [-0.15, -0.1) is 11.3 Å². The van der Waals surface area contributed by atoms with Crippen molar-refractivity contribution in [1.82, 2.24) is 4.98 Å². The Morgan fingerprint density at radius 3 is 2.49 bits per heavy atom. The number of amides is 1. The Hall–Kier alpha value is -2.40. The Balaban J connectivity index is 1.54. The summed E-state index contributed by atoms with van der Waals surface area (Å²) in [5.41, 5.74) is -0.549. The molecule has 184 valence electrons. The van der Waals surface area contributed by atoms with Gasteiger partial charge in [0.05, 0.1) is 26.3 Å². The SMILES string of the molecule is CC1(O)C2CC1CC(S(=O)(=O)c1cc(C(=O)Nc3ccc(F)c(F)c3)c(-c3nccs3)cc1Cl)C2. The number of nitrogens with zero attached hydrogens (tertiary/aromatic N) is 1. The standard InChI is InChI=1S/C24H21ClF2N2O4S2/c1-24(31)12-6-13(24)8-15(7-12)35(32,33)21-11-16(17(10-18(21)25)23-28-4-5-34-23)22(30)29-14-2-3-19(26)20(27)9-14/h2-5,9-13,15,31H,6-8H2,1H3,(H,29,30). The van der Waals surface area contributed by atoms with Gasteiger partial charge in [-0.05, 0) is 62.3 Å². The number of halogens is 3. The van der Waals surface area contributed by atoms with Crippen molar-refractivity contribution in [2.24, 2.45) is 11.8 Å². The smallest absolute Gasteiger partial charge is 0.256 e. The van der Waals surface area contributed by atoms with Crippen LogP contribution in [-0.4, -0.2) is 35.3 Å². The zero-order valence-electron chi connectivity index (χ0n) is 18.5. The number of hydrogen-bond acceptors (Lipinski definition) is 6. The third kappa shape index (κ3) is 4.16. The summed E-state index contributed by atoms with van der Waals surface area (Å²) in [6, 6.07) is 5.54. The highest BCUT2D eigenvalue weighted by Gasteiger charge is 2.57.